The lowest BCUT2D eigenvalue weighted by Crippen LogP contribution is -2.40. The zero-order valence-electron chi connectivity index (χ0n) is 10.6. The van der Waals surface area contributed by atoms with Gasteiger partial charge in [-0.1, -0.05) is 11.6 Å². The van der Waals surface area contributed by atoms with Gasteiger partial charge < -0.3 is 10.2 Å². The molecule has 0 aromatic heterocycles. The van der Waals surface area contributed by atoms with E-state index in [0.717, 1.165) is 6.07 Å². The van der Waals surface area contributed by atoms with Gasteiger partial charge in [0.1, 0.15) is 5.69 Å². The van der Waals surface area contributed by atoms with Gasteiger partial charge in [0.05, 0.1) is 28.7 Å². The molecular formula is C11H11ClF3N3O3. The van der Waals surface area contributed by atoms with E-state index in [1.807, 2.05) is 0 Å². The number of alkyl halides is 3. The van der Waals surface area contributed by atoms with E-state index >= 15 is 0 Å². The molecule has 0 amide bonds. The normalized spacial score (nSPS) is 16.8. The van der Waals surface area contributed by atoms with Gasteiger partial charge in [0.25, 0.3) is 5.69 Å². The summed E-state index contributed by atoms with van der Waals surface area (Å²) >= 11 is 5.58. The zero-order valence-corrected chi connectivity index (χ0v) is 11.4. The number of nitrogens with one attached hydrogen (secondary N) is 1. The van der Waals surface area contributed by atoms with Gasteiger partial charge in [-0.3, -0.25) is 10.1 Å². The number of nitrogens with zero attached hydrogens (tertiary/aromatic N) is 2. The van der Waals surface area contributed by atoms with Crippen molar-refractivity contribution >= 4 is 23.0 Å². The molecule has 0 aliphatic carbocycles. The summed E-state index contributed by atoms with van der Waals surface area (Å²) in [5.41, 5.74) is 0.712. The molecule has 1 aliphatic heterocycles. The Morgan fingerprint density at radius 2 is 1.95 bits per heavy atom. The first kappa shape index (κ1) is 15.8. The van der Waals surface area contributed by atoms with Crippen molar-refractivity contribution in [1.29, 1.82) is 0 Å². The number of ether oxygens (including phenoxy) is 1. The predicted molar refractivity (Wildman–Crippen MR) is 69.1 cm³/mol. The van der Waals surface area contributed by atoms with Gasteiger partial charge in [0, 0.05) is 19.2 Å². The molecular weight excluding hydrogens is 315 g/mol. The van der Waals surface area contributed by atoms with Crippen LogP contribution in [-0.2, 0) is 10.9 Å². The minimum atomic E-state index is -4.75. The Balaban J connectivity index is 2.35. The van der Waals surface area contributed by atoms with E-state index in [1.165, 1.54) is 0 Å². The average Bonchev–Trinajstić information content (AvgIpc) is 2.38. The second-order valence-corrected chi connectivity index (χ2v) is 4.72. The zero-order chi connectivity index (χ0) is 15.6. The minimum Gasteiger partial charge on any atom is -0.379 e. The van der Waals surface area contributed by atoms with Gasteiger partial charge in [0.15, 0.2) is 0 Å². The van der Waals surface area contributed by atoms with E-state index in [4.69, 9.17) is 16.3 Å². The van der Waals surface area contributed by atoms with Crippen molar-refractivity contribution in [3.8, 4) is 0 Å². The number of benzene rings is 1. The van der Waals surface area contributed by atoms with Gasteiger partial charge >= 0.3 is 6.18 Å². The van der Waals surface area contributed by atoms with Gasteiger partial charge in [0.2, 0.25) is 0 Å². The fraction of sp³-hybridized carbons (Fsp3) is 0.455. The van der Waals surface area contributed by atoms with Crippen molar-refractivity contribution in [1.82, 2.24) is 5.01 Å². The van der Waals surface area contributed by atoms with Gasteiger partial charge in [-0.05, 0) is 6.07 Å². The SMILES string of the molecule is O=[N+]([O-])c1cc(C(F)(F)F)c(Cl)cc1NN1CCOCC1. The van der Waals surface area contributed by atoms with Crippen LogP contribution in [0.25, 0.3) is 0 Å². The fourth-order valence-electron chi connectivity index (χ4n) is 1.87. The first-order valence-corrected chi connectivity index (χ1v) is 6.31. The number of rotatable bonds is 3. The Hall–Kier alpha value is -1.58. The van der Waals surface area contributed by atoms with E-state index in [-0.39, 0.29) is 5.69 Å². The highest BCUT2D eigenvalue weighted by Gasteiger charge is 2.36. The Morgan fingerprint density at radius 3 is 2.48 bits per heavy atom. The monoisotopic (exact) mass is 325 g/mol. The lowest BCUT2D eigenvalue weighted by atomic mass is 10.1. The van der Waals surface area contributed by atoms with E-state index < -0.39 is 27.4 Å². The van der Waals surface area contributed by atoms with Crippen LogP contribution in [0.2, 0.25) is 5.02 Å². The summed E-state index contributed by atoms with van der Waals surface area (Å²) in [6, 6.07) is 1.35. The second kappa shape index (κ2) is 6.04. The molecule has 1 N–H and O–H groups in total. The van der Waals surface area contributed by atoms with E-state index in [9.17, 15) is 23.3 Å². The molecule has 10 heteroatoms. The number of anilines is 1. The highest BCUT2D eigenvalue weighted by Crippen LogP contribution is 2.40. The predicted octanol–water partition coefficient (Wildman–Crippen LogP) is 2.93. The van der Waals surface area contributed by atoms with Gasteiger partial charge in [-0.2, -0.15) is 13.2 Å². The van der Waals surface area contributed by atoms with Crippen molar-refractivity contribution in [2.24, 2.45) is 0 Å². The Bertz CT molecular complexity index is 547. The molecule has 116 valence electrons. The first-order chi connectivity index (χ1) is 9.79. The number of nitro groups is 1. The molecule has 1 fully saturated rings. The van der Waals surface area contributed by atoms with Crippen molar-refractivity contribution in [3.63, 3.8) is 0 Å². The molecule has 0 atom stereocenters. The number of hydrogen-bond acceptors (Lipinski definition) is 5. The molecule has 1 aromatic carbocycles. The molecule has 0 saturated carbocycles. The summed E-state index contributed by atoms with van der Waals surface area (Å²) in [7, 11) is 0. The molecule has 1 aromatic rings. The standard InChI is InChI=1S/C11H11ClF3N3O3/c12-8-6-9(16-17-1-3-21-4-2-17)10(18(19)20)5-7(8)11(13,14)15/h5-6,16H,1-4H2. The molecule has 1 heterocycles. The highest BCUT2D eigenvalue weighted by molar-refractivity contribution is 6.31. The van der Waals surface area contributed by atoms with Gasteiger partial charge in [-0.25, -0.2) is 5.01 Å². The van der Waals surface area contributed by atoms with Crippen LogP contribution < -0.4 is 5.43 Å². The van der Waals surface area contributed by atoms with Crippen LogP contribution in [0.5, 0.6) is 0 Å². The molecule has 0 radical (unpaired) electrons. The fourth-order valence-corrected chi connectivity index (χ4v) is 2.14. The van der Waals surface area contributed by atoms with Gasteiger partial charge in [-0.15, -0.1) is 0 Å². The summed E-state index contributed by atoms with van der Waals surface area (Å²) in [6.45, 7) is 1.76. The number of hydrazine groups is 1. The third-order valence-electron chi connectivity index (χ3n) is 2.88. The topological polar surface area (TPSA) is 67.6 Å². The van der Waals surface area contributed by atoms with Crippen LogP contribution in [0.1, 0.15) is 5.56 Å². The smallest absolute Gasteiger partial charge is 0.379 e. The maximum absolute atomic E-state index is 12.7. The third-order valence-corrected chi connectivity index (χ3v) is 3.19. The lowest BCUT2D eigenvalue weighted by molar-refractivity contribution is -0.384. The van der Waals surface area contributed by atoms with Crippen molar-refractivity contribution in [2.45, 2.75) is 6.18 Å². The van der Waals surface area contributed by atoms with Crippen LogP contribution in [0.4, 0.5) is 24.5 Å². The van der Waals surface area contributed by atoms with Crippen molar-refractivity contribution in [2.75, 3.05) is 31.7 Å². The quantitative estimate of drug-likeness (QED) is 0.683. The van der Waals surface area contributed by atoms with E-state index in [2.05, 4.69) is 5.43 Å². The molecule has 0 bridgehead atoms. The van der Waals surface area contributed by atoms with Crippen LogP contribution in [0.3, 0.4) is 0 Å². The number of hydrogen-bond donors (Lipinski definition) is 1. The summed E-state index contributed by atoms with van der Waals surface area (Å²) < 4.78 is 43.3. The lowest BCUT2D eigenvalue weighted by Gasteiger charge is -2.28. The summed E-state index contributed by atoms with van der Waals surface area (Å²) in [6.07, 6.45) is -4.75. The third kappa shape index (κ3) is 3.74. The Kier molecular flexibility index (Phi) is 4.55. The largest absolute Gasteiger partial charge is 0.418 e. The van der Waals surface area contributed by atoms with Crippen molar-refractivity contribution < 1.29 is 22.8 Å². The molecule has 1 saturated heterocycles. The van der Waals surface area contributed by atoms with E-state index in [1.54, 1.807) is 5.01 Å². The summed E-state index contributed by atoms with van der Waals surface area (Å²) in [5, 5.41) is 12.0. The minimum absolute atomic E-state index is 0.0834. The maximum Gasteiger partial charge on any atom is 0.418 e. The Labute approximate surface area is 122 Å². The van der Waals surface area contributed by atoms with Crippen molar-refractivity contribution in [3.05, 3.63) is 32.8 Å². The first-order valence-electron chi connectivity index (χ1n) is 5.93. The van der Waals surface area contributed by atoms with Crippen LogP contribution >= 0.6 is 11.6 Å². The number of morpholine rings is 1. The molecule has 0 unspecified atom stereocenters. The van der Waals surface area contributed by atoms with Crippen LogP contribution in [0.15, 0.2) is 12.1 Å². The second-order valence-electron chi connectivity index (χ2n) is 4.32. The molecule has 21 heavy (non-hydrogen) atoms. The molecule has 0 spiro atoms. The van der Waals surface area contributed by atoms with E-state index in [0.29, 0.717) is 32.4 Å². The van der Waals surface area contributed by atoms with Crippen LogP contribution in [-0.4, -0.2) is 36.2 Å². The molecule has 2 rings (SSSR count). The average molecular weight is 326 g/mol. The highest BCUT2D eigenvalue weighted by atomic mass is 35.5. The Morgan fingerprint density at radius 1 is 1.33 bits per heavy atom. The molecule has 1 aliphatic rings. The number of nitro benzene ring substituents is 1. The number of halogens is 4. The van der Waals surface area contributed by atoms with Crippen LogP contribution in [0, 0.1) is 10.1 Å². The molecule has 6 nitrogen and oxygen atoms in total. The summed E-state index contributed by atoms with van der Waals surface area (Å²) in [4.78, 5) is 10.1. The summed E-state index contributed by atoms with van der Waals surface area (Å²) in [5.74, 6) is 0. The maximum atomic E-state index is 12.7.